The standard InChI is InChI=1S/C13H17N3S/c1-9(8-12-5-4-10(2)17-12)15-13-6-7-14-11(3)16-13/h4-7,9H,8H2,1-3H3,(H,14,15,16). The van der Waals surface area contributed by atoms with E-state index >= 15 is 0 Å². The van der Waals surface area contributed by atoms with Crippen LogP contribution in [-0.4, -0.2) is 16.0 Å². The molecular formula is C13H17N3S. The van der Waals surface area contributed by atoms with Gasteiger partial charge in [-0.15, -0.1) is 11.3 Å². The Morgan fingerprint density at radius 2 is 2.12 bits per heavy atom. The van der Waals surface area contributed by atoms with E-state index in [0.29, 0.717) is 6.04 Å². The Hall–Kier alpha value is -1.42. The number of hydrogen-bond donors (Lipinski definition) is 1. The number of thiophene rings is 1. The molecule has 0 radical (unpaired) electrons. The molecule has 0 aromatic carbocycles. The first kappa shape index (κ1) is 12.0. The minimum Gasteiger partial charge on any atom is -0.367 e. The Kier molecular flexibility index (Phi) is 3.74. The number of hydrogen-bond acceptors (Lipinski definition) is 4. The van der Waals surface area contributed by atoms with E-state index in [1.165, 1.54) is 9.75 Å². The van der Waals surface area contributed by atoms with E-state index in [2.05, 4.69) is 41.3 Å². The minimum absolute atomic E-state index is 0.377. The van der Waals surface area contributed by atoms with Crippen LogP contribution in [-0.2, 0) is 6.42 Å². The summed E-state index contributed by atoms with van der Waals surface area (Å²) in [5.74, 6) is 1.70. The van der Waals surface area contributed by atoms with Crippen molar-refractivity contribution < 1.29 is 0 Å². The van der Waals surface area contributed by atoms with Crippen LogP contribution in [0.4, 0.5) is 5.82 Å². The number of nitrogens with zero attached hydrogens (tertiary/aromatic N) is 2. The first-order chi connectivity index (χ1) is 8.13. The first-order valence-corrected chi connectivity index (χ1v) is 6.56. The Labute approximate surface area is 106 Å². The van der Waals surface area contributed by atoms with Crippen LogP contribution in [0.3, 0.4) is 0 Å². The third kappa shape index (κ3) is 3.53. The Morgan fingerprint density at radius 3 is 2.76 bits per heavy atom. The van der Waals surface area contributed by atoms with E-state index in [0.717, 1.165) is 18.1 Å². The second-order valence-electron chi connectivity index (χ2n) is 4.25. The molecule has 2 rings (SSSR count). The average Bonchev–Trinajstić information content (AvgIpc) is 2.63. The quantitative estimate of drug-likeness (QED) is 0.901. The van der Waals surface area contributed by atoms with Gasteiger partial charge in [0.25, 0.3) is 0 Å². The van der Waals surface area contributed by atoms with E-state index in [-0.39, 0.29) is 0 Å². The molecule has 0 aliphatic carbocycles. The smallest absolute Gasteiger partial charge is 0.129 e. The molecule has 1 N–H and O–H groups in total. The van der Waals surface area contributed by atoms with Crippen molar-refractivity contribution in [3.8, 4) is 0 Å². The van der Waals surface area contributed by atoms with Crippen molar-refractivity contribution in [2.45, 2.75) is 33.2 Å². The maximum Gasteiger partial charge on any atom is 0.129 e. The van der Waals surface area contributed by atoms with E-state index < -0.39 is 0 Å². The lowest BCUT2D eigenvalue weighted by atomic mass is 10.2. The van der Waals surface area contributed by atoms with Crippen molar-refractivity contribution in [1.82, 2.24) is 9.97 Å². The van der Waals surface area contributed by atoms with Gasteiger partial charge in [0.05, 0.1) is 0 Å². The zero-order valence-electron chi connectivity index (χ0n) is 10.4. The molecule has 3 nitrogen and oxygen atoms in total. The highest BCUT2D eigenvalue weighted by Crippen LogP contribution is 2.17. The number of aryl methyl sites for hydroxylation is 2. The van der Waals surface area contributed by atoms with Crippen LogP contribution in [0.5, 0.6) is 0 Å². The summed E-state index contributed by atoms with van der Waals surface area (Å²) in [4.78, 5) is 11.2. The van der Waals surface area contributed by atoms with E-state index in [4.69, 9.17) is 0 Å². The number of nitrogens with one attached hydrogen (secondary N) is 1. The van der Waals surface area contributed by atoms with Gasteiger partial charge in [0.15, 0.2) is 0 Å². The molecule has 2 aromatic rings. The molecule has 4 heteroatoms. The predicted octanol–water partition coefficient (Wildman–Crippen LogP) is 3.20. The highest BCUT2D eigenvalue weighted by atomic mass is 32.1. The van der Waals surface area contributed by atoms with Gasteiger partial charge in [-0.1, -0.05) is 0 Å². The second kappa shape index (κ2) is 5.27. The highest BCUT2D eigenvalue weighted by Gasteiger charge is 2.06. The molecule has 0 bridgehead atoms. The summed E-state index contributed by atoms with van der Waals surface area (Å²) in [6.07, 6.45) is 2.81. The molecule has 0 aliphatic heterocycles. The van der Waals surface area contributed by atoms with Crippen LogP contribution in [0.15, 0.2) is 24.4 Å². The molecule has 0 spiro atoms. The summed E-state index contributed by atoms with van der Waals surface area (Å²) in [5, 5.41) is 3.40. The topological polar surface area (TPSA) is 37.8 Å². The summed E-state index contributed by atoms with van der Waals surface area (Å²) in [7, 11) is 0. The molecule has 1 atom stereocenters. The number of aromatic nitrogens is 2. The Balaban J connectivity index is 1.95. The fourth-order valence-corrected chi connectivity index (χ4v) is 2.76. The van der Waals surface area contributed by atoms with Crippen molar-refractivity contribution in [2.75, 3.05) is 5.32 Å². The molecule has 2 aromatic heterocycles. The summed E-state index contributed by atoms with van der Waals surface area (Å²) in [6, 6.07) is 6.65. The fourth-order valence-electron chi connectivity index (χ4n) is 1.74. The van der Waals surface area contributed by atoms with Gasteiger partial charge < -0.3 is 5.32 Å². The van der Waals surface area contributed by atoms with Gasteiger partial charge in [-0.3, -0.25) is 0 Å². The SMILES string of the molecule is Cc1nccc(NC(C)Cc2ccc(C)s2)n1. The molecule has 0 fully saturated rings. The van der Waals surface area contributed by atoms with Gasteiger partial charge in [-0.05, 0) is 39.0 Å². The first-order valence-electron chi connectivity index (χ1n) is 5.75. The van der Waals surface area contributed by atoms with E-state index in [9.17, 15) is 0 Å². The summed E-state index contributed by atoms with van der Waals surface area (Å²) >= 11 is 1.86. The zero-order chi connectivity index (χ0) is 12.3. The molecule has 0 saturated heterocycles. The molecule has 2 heterocycles. The monoisotopic (exact) mass is 247 g/mol. The fraction of sp³-hybridized carbons (Fsp3) is 0.385. The molecule has 17 heavy (non-hydrogen) atoms. The van der Waals surface area contributed by atoms with Crippen molar-refractivity contribution in [1.29, 1.82) is 0 Å². The van der Waals surface area contributed by atoms with E-state index in [1.807, 2.05) is 24.3 Å². The lowest BCUT2D eigenvalue weighted by Gasteiger charge is -2.13. The third-order valence-corrected chi connectivity index (χ3v) is 3.50. The molecule has 0 saturated carbocycles. The Bertz CT molecular complexity index is 493. The summed E-state index contributed by atoms with van der Waals surface area (Å²) in [5.41, 5.74) is 0. The maximum atomic E-state index is 4.34. The average molecular weight is 247 g/mol. The van der Waals surface area contributed by atoms with Gasteiger partial charge >= 0.3 is 0 Å². The largest absolute Gasteiger partial charge is 0.367 e. The summed E-state index contributed by atoms with van der Waals surface area (Å²) < 4.78 is 0. The van der Waals surface area contributed by atoms with Gasteiger partial charge in [0.2, 0.25) is 0 Å². The predicted molar refractivity (Wildman–Crippen MR) is 72.6 cm³/mol. The van der Waals surface area contributed by atoms with Gasteiger partial charge in [-0.25, -0.2) is 9.97 Å². The van der Waals surface area contributed by atoms with Crippen molar-refractivity contribution in [2.24, 2.45) is 0 Å². The lowest BCUT2D eigenvalue weighted by Crippen LogP contribution is -2.18. The van der Waals surface area contributed by atoms with E-state index in [1.54, 1.807) is 6.20 Å². The van der Waals surface area contributed by atoms with Gasteiger partial charge in [0.1, 0.15) is 11.6 Å². The normalized spacial score (nSPS) is 12.4. The van der Waals surface area contributed by atoms with Crippen LogP contribution < -0.4 is 5.32 Å². The Morgan fingerprint density at radius 1 is 1.29 bits per heavy atom. The second-order valence-corrected chi connectivity index (χ2v) is 5.62. The number of rotatable bonds is 4. The molecular weight excluding hydrogens is 230 g/mol. The highest BCUT2D eigenvalue weighted by molar-refractivity contribution is 7.11. The molecule has 90 valence electrons. The summed E-state index contributed by atoms with van der Waals surface area (Å²) in [6.45, 7) is 6.21. The van der Waals surface area contributed by atoms with Crippen LogP contribution in [0.2, 0.25) is 0 Å². The molecule has 0 amide bonds. The van der Waals surface area contributed by atoms with Crippen LogP contribution >= 0.6 is 11.3 Å². The van der Waals surface area contributed by atoms with Crippen molar-refractivity contribution in [3.63, 3.8) is 0 Å². The maximum absolute atomic E-state index is 4.34. The van der Waals surface area contributed by atoms with Crippen LogP contribution in [0, 0.1) is 13.8 Å². The van der Waals surface area contributed by atoms with Crippen LogP contribution in [0.1, 0.15) is 22.5 Å². The third-order valence-electron chi connectivity index (χ3n) is 2.47. The molecule has 1 unspecified atom stereocenters. The van der Waals surface area contributed by atoms with Gasteiger partial charge in [-0.2, -0.15) is 0 Å². The van der Waals surface area contributed by atoms with Gasteiger partial charge in [0, 0.05) is 28.4 Å². The van der Waals surface area contributed by atoms with Crippen LogP contribution in [0.25, 0.3) is 0 Å². The zero-order valence-corrected chi connectivity index (χ0v) is 11.2. The molecule has 0 aliphatic rings. The van der Waals surface area contributed by atoms with Crippen molar-refractivity contribution in [3.05, 3.63) is 40.0 Å². The minimum atomic E-state index is 0.377. The van der Waals surface area contributed by atoms with Crippen molar-refractivity contribution >= 4 is 17.2 Å². The number of anilines is 1. The lowest BCUT2D eigenvalue weighted by molar-refractivity contribution is 0.791.